The monoisotopic (exact) mass is 357 g/mol. The van der Waals surface area contributed by atoms with Gasteiger partial charge in [0.1, 0.15) is 18.0 Å². The van der Waals surface area contributed by atoms with E-state index in [9.17, 15) is 9.18 Å². The Kier molecular flexibility index (Phi) is 4.86. The lowest BCUT2D eigenvalue weighted by Gasteiger charge is -2.32. The molecule has 0 bridgehead atoms. The molecular formula is C19H24FN5O. The number of aromatic nitrogens is 3. The summed E-state index contributed by atoms with van der Waals surface area (Å²) in [5, 5.41) is 11.2. The van der Waals surface area contributed by atoms with Gasteiger partial charge in [0.25, 0.3) is 0 Å². The average molecular weight is 357 g/mol. The van der Waals surface area contributed by atoms with E-state index < -0.39 is 0 Å². The van der Waals surface area contributed by atoms with Gasteiger partial charge in [0.15, 0.2) is 0 Å². The Balaban J connectivity index is 1.35. The average Bonchev–Trinajstić information content (AvgIpc) is 3.34. The molecule has 2 aromatic rings. The van der Waals surface area contributed by atoms with Gasteiger partial charge in [-0.05, 0) is 55.7 Å². The second kappa shape index (κ2) is 7.43. The molecule has 6 nitrogen and oxygen atoms in total. The van der Waals surface area contributed by atoms with E-state index in [1.165, 1.54) is 25.0 Å². The number of urea groups is 1. The van der Waals surface area contributed by atoms with Crippen LogP contribution >= 0.6 is 0 Å². The lowest BCUT2D eigenvalue weighted by Crippen LogP contribution is -2.43. The fraction of sp³-hybridized carbons (Fsp3) is 0.526. The van der Waals surface area contributed by atoms with Gasteiger partial charge in [0.05, 0.1) is 0 Å². The predicted molar refractivity (Wildman–Crippen MR) is 96.2 cm³/mol. The predicted octanol–water partition coefficient (Wildman–Crippen LogP) is 3.31. The van der Waals surface area contributed by atoms with Crippen LogP contribution < -0.4 is 5.32 Å². The van der Waals surface area contributed by atoms with Crippen molar-refractivity contribution in [3.8, 4) is 0 Å². The van der Waals surface area contributed by atoms with Crippen LogP contribution in [0.15, 0.2) is 30.6 Å². The Morgan fingerprint density at radius 3 is 2.96 bits per heavy atom. The zero-order valence-electron chi connectivity index (χ0n) is 14.8. The molecule has 2 aliphatic rings. The zero-order valence-corrected chi connectivity index (χ0v) is 14.8. The van der Waals surface area contributed by atoms with E-state index in [2.05, 4.69) is 20.1 Å². The van der Waals surface area contributed by atoms with Crippen LogP contribution in [0.3, 0.4) is 0 Å². The molecule has 1 saturated heterocycles. The number of amides is 2. The topological polar surface area (TPSA) is 63.1 Å². The number of carbonyl (C=O) groups is 1. The maximum Gasteiger partial charge on any atom is 0.321 e. The fourth-order valence-corrected chi connectivity index (χ4v) is 3.61. The number of anilines is 1. The van der Waals surface area contributed by atoms with E-state index in [0.29, 0.717) is 18.2 Å². The molecular weight excluding hydrogens is 333 g/mol. The minimum absolute atomic E-state index is 0.167. The summed E-state index contributed by atoms with van der Waals surface area (Å²) in [5.41, 5.74) is 0.487. The summed E-state index contributed by atoms with van der Waals surface area (Å²) in [6.07, 6.45) is 7.32. The molecule has 26 heavy (non-hydrogen) atoms. The third kappa shape index (κ3) is 4.20. The highest BCUT2D eigenvalue weighted by atomic mass is 19.1. The van der Waals surface area contributed by atoms with Crippen LogP contribution in [0.4, 0.5) is 14.9 Å². The number of carbonyl (C=O) groups excluding carboxylic acids is 1. The highest BCUT2D eigenvalue weighted by Crippen LogP contribution is 2.31. The molecule has 1 aromatic carbocycles. The van der Waals surface area contributed by atoms with Crippen molar-refractivity contribution in [3.63, 3.8) is 0 Å². The second-order valence-corrected chi connectivity index (χ2v) is 7.44. The van der Waals surface area contributed by atoms with Crippen LogP contribution in [-0.2, 0) is 13.0 Å². The van der Waals surface area contributed by atoms with Crippen molar-refractivity contribution in [1.82, 2.24) is 19.7 Å². The van der Waals surface area contributed by atoms with Crippen molar-refractivity contribution < 1.29 is 9.18 Å². The largest absolute Gasteiger partial charge is 0.324 e. The van der Waals surface area contributed by atoms with E-state index in [-0.39, 0.29) is 11.8 Å². The van der Waals surface area contributed by atoms with E-state index in [0.717, 1.165) is 44.1 Å². The lowest BCUT2D eigenvalue weighted by molar-refractivity contribution is 0.176. The molecule has 2 amide bonds. The lowest BCUT2D eigenvalue weighted by atomic mass is 9.94. The minimum atomic E-state index is -0.352. The second-order valence-electron chi connectivity index (χ2n) is 7.44. The number of likely N-dealkylation sites (tertiary alicyclic amines) is 1. The molecule has 1 aliphatic heterocycles. The quantitative estimate of drug-likeness (QED) is 0.893. The van der Waals surface area contributed by atoms with Crippen molar-refractivity contribution in [2.75, 3.05) is 18.4 Å². The van der Waals surface area contributed by atoms with E-state index >= 15 is 0 Å². The summed E-state index contributed by atoms with van der Waals surface area (Å²) in [6.45, 7) is 2.43. The molecule has 2 heterocycles. The number of rotatable bonds is 5. The Morgan fingerprint density at radius 2 is 2.15 bits per heavy atom. The van der Waals surface area contributed by atoms with Gasteiger partial charge < -0.3 is 14.8 Å². The fourth-order valence-electron chi connectivity index (χ4n) is 3.61. The van der Waals surface area contributed by atoms with Crippen molar-refractivity contribution in [2.45, 2.75) is 38.6 Å². The molecule has 138 valence electrons. The van der Waals surface area contributed by atoms with Crippen LogP contribution in [-0.4, -0.2) is 38.8 Å². The first-order valence-electron chi connectivity index (χ1n) is 9.35. The summed E-state index contributed by atoms with van der Waals surface area (Å²) < 4.78 is 15.5. The van der Waals surface area contributed by atoms with Gasteiger partial charge in [-0.3, -0.25) is 0 Å². The van der Waals surface area contributed by atoms with Gasteiger partial charge in [0.2, 0.25) is 0 Å². The number of hydrogen-bond donors (Lipinski definition) is 1. The van der Waals surface area contributed by atoms with Crippen molar-refractivity contribution in [2.24, 2.45) is 11.8 Å². The SMILES string of the molecule is O=C(Nc1cccc(F)c1)N1CCCC(Cc2nncn2CC2CC2)C1. The maximum atomic E-state index is 13.3. The Hall–Kier alpha value is -2.44. The van der Waals surface area contributed by atoms with E-state index in [1.807, 2.05) is 11.2 Å². The van der Waals surface area contributed by atoms with Gasteiger partial charge in [-0.1, -0.05) is 6.07 Å². The summed E-state index contributed by atoms with van der Waals surface area (Å²) in [7, 11) is 0. The molecule has 1 saturated carbocycles. The number of halogens is 1. The summed E-state index contributed by atoms with van der Waals surface area (Å²) in [5.74, 6) is 1.83. The molecule has 2 fully saturated rings. The van der Waals surface area contributed by atoms with Crippen LogP contribution in [0.25, 0.3) is 0 Å². The zero-order chi connectivity index (χ0) is 17.9. The molecule has 7 heteroatoms. The Morgan fingerprint density at radius 1 is 1.27 bits per heavy atom. The number of piperidine rings is 1. The Labute approximate surface area is 152 Å². The molecule has 1 atom stereocenters. The van der Waals surface area contributed by atoms with Crippen LogP contribution in [0.2, 0.25) is 0 Å². The van der Waals surface area contributed by atoms with Crippen LogP contribution in [0.1, 0.15) is 31.5 Å². The molecule has 1 N–H and O–H groups in total. The van der Waals surface area contributed by atoms with E-state index in [4.69, 9.17) is 0 Å². The van der Waals surface area contributed by atoms with E-state index in [1.54, 1.807) is 12.1 Å². The van der Waals surface area contributed by atoms with Crippen LogP contribution in [0.5, 0.6) is 0 Å². The van der Waals surface area contributed by atoms with Gasteiger partial charge >= 0.3 is 6.03 Å². The molecule has 4 rings (SSSR count). The van der Waals surface area contributed by atoms with Gasteiger partial charge in [-0.15, -0.1) is 10.2 Å². The first kappa shape index (κ1) is 17.0. The third-order valence-corrected chi connectivity index (χ3v) is 5.20. The molecule has 0 spiro atoms. The first-order chi connectivity index (χ1) is 12.7. The highest BCUT2D eigenvalue weighted by Gasteiger charge is 2.27. The normalized spacial score (nSPS) is 20.2. The Bertz CT molecular complexity index is 773. The molecule has 0 radical (unpaired) electrons. The minimum Gasteiger partial charge on any atom is -0.324 e. The van der Waals surface area contributed by atoms with Gasteiger partial charge in [-0.25, -0.2) is 9.18 Å². The molecule has 1 aromatic heterocycles. The molecule has 1 aliphatic carbocycles. The van der Waals surface area contributed by atoms with Crippen molar-refractivity contribution >= 4 is 11.7 Å². The standard InChI is InChI=1S/C19H24FN5O/c20-16-4-1-5-17(10-16)22-19(26)24-8-2-3-15(12-24)9-18-23-21-13-25(18)11-14-6-7-14/h1,4-5,10,13-15H,2-3,6-9,11-12H2,(H,22,26). The number of nitrogens with one attached hydrogen (secondary N) is 1. The maximum absolute atomic E-state index is 13.3. The highest BCUT2D eigenvalue weighted by molar-refractivity contribution is 5.89. The summed E-state index contributed by atoms with van der Waals surface area (Å²) in [6, 6.07) is 5.82. The number of benzene rings is 1. The van der Waals surface area contributed by atoms with Gasteiger partial charge in [-0.2, -0.15) is 0 Å². The third-order valence-electron chi connectivity index (χ3n) is 5.20. The summed E-state index contributed by atoms with van der Waals surface area (Å²) in [4.78, 5) is 14.3. The number of hydrogen-bond acceptors (Lipinski definition) is 3. The van der Waals surface area contributed by atoms with Crippen LogP contribution in [0, 0.1) is 17.7 Å². The number of nitrogens with zero attached hydrogens (tertiary/aromatic N) is 4. The smallest absolute Gasteiger partial charge is 0.321 e. The first-order valence-corrected chi connectivity index (χ1v) is 9.35. The van der Waals surface area contributed by atoms with Crippen molar-refractivity contribution in [1.29, 1.82) is 0 Å². The molecule has 1 unspecified atom stereocenters. The van der Waals surface area contributed by atoms with Gasteiger partial charge in [0, 0.05) is 31.7 Å². The summed E-state index contributed by atoms with van der Waals surface area (Å²) >= 11 is 0. The van der Waals surface area contributed by atoms with Crippen molar-refractivity contribution in [3.05, 3.63) is 42.2 Å².